The molecular weight excluding hydrogens is 257 g/mol. The maximum Gasteiger partial charge on any atom is 0.186 e. The second kappa shape index (κ2) is 6.43. The smallest absolute Gasteiger partial charge is 0.186 e. The van der Waals surface area contributed by atoms with Crippen LogP contribution >= 0.6 is 0 Å². The van der Waals surface area contributed by atoms with Crippen molar-refractivity contribution in [1.29, 1.82) is 0 Å². The molecule has 1 heterocycles. The fourth-order valence-corrected chi connectivity index (χ4v) is 1.94. The number of ether oxygens (including phenoxy) is 1. The van der Waals surface area contributed by atoms with Gasteiger partial charge < -0.3 is 10.1 Å². The normalized spacial score (nSPS) is 10.6. The molecule has 106 valence electrons. The van der Waals surface area contributed by atoms with E-state index in [0.717, 1.165) is 11.1 Å². The Balaban J connectivity index is 2.44. The lowest BCUT2D eigenvalue weighted by Crippen LogP contribution is -2.07. The predicted octanol–water partition coefficient (Wildman–Crippen LogP) is 3.17. The Kier molecular flexibility index (Phi) is 4.63. The number of methoxy groups -OCH3 is 1. The summed E-state index contributed by atoms with van der Waals surface area (Å²) < 4.78 is 19.0. The van der Waals surface area contributed by atoms with E-state index in [-0.39, 0.29) is 5.82 Å². The number of hydrogen-bond acceptors (Lipinski definition) is 4. The number of hydrogen-bond donors (Lipinski definition) is 1. The third-order valence-electron chi connectivity index (χ3n) is 2.86. The number of aromatic nitrogens is 2. The van der Waals surface area contributed by atoms with E-state index >= 15 is 0 Å². The molecule has 0 unspecified atom stereocenters. The Morgan fingerprint density at radius 3 is 2.80 bits per heavy atom. The van der Waals surface area contributed by atoms with Gasteiger partial charge >= 0.3 is 0 Å². The van der Waals surface area contributed by atoms with Crippen LogP contribution in [-0.4, -0.2) is 23.6 Å². The highest BCUT2D eigenvalue weighted by Gasteiger charge is 2.12. The van der Waals surface area contributed by atoms with Crippen LogP contribution in [0.5, 0.6) is 0 Å². The minimum Gasteiger partial charge on any atom is -0.380 e. The first-order chi connectivity index (χ1) is 9.65. The molecule has 0 spiro atoms. The number of rotatable bonds is 5. The highest BCUT2D eigenvalue weighted by atomic mass is 19.1. The highest BCUT2D eigenvalue weighted by Crippen LogP contribution is 2.22. The van der Waals surface area contributed by atoms with Crippen molar-refractivity contribution in [3.05, 3.63) is 41.3 Å². The summed E-state index contributed by atoms with van der Waals surface area (Å²) in [6, 6.07) is 7.74. The average molecular weight is 275 g/mol. The van der Waals surface area contributed by atoms with Crippen LogP contribution in [0.2, 0.25) is 0 Å². The number of aryl methyl sites for hydroxylation is 1. The van der Waals surface area contributed by atoms with E-state index < -0.39 is 5.82 Å². The summed E-state index contributed by atoms with van der Waals surface area (Å²) >= 11 is 0. The molecule has 0 fully saturated rings. The molecule has 5 heteroatoms. The summed E-state index contributed by atoms with van der Waals surface area (Å²) in [5.41, 5.74) is 2.21. The molecule has 0 aliphatic carbocycles. The summed E-state index contributed by atoms with van der Waals surface area (Å²) in [4.78, 5) is 8.48. The predicted molar refractivity (Wildman–Crippen MR) is 77.0 cm³/mol. The second-order valence-corrected chi connectivity index (χ2v) is 4.46. The zero-order valence-electron chi connectivity index (χ0n) is 11.9. The lowest BCUT2D eigenvalue weighted by atomic mass is 10.1. The maximum atomic E-state index is 13.9. The van der Waals surface area contributed by atoms with Crippen LogP contribution in [0.1, 0.15) is 18.2 Å². The SMILES string of the molecule is CCNc1nc(-c2cccc(COC)c2)nc(C)c1F. The molecule has 1 aromatic carbocycles. The minimum atomic E-state index is -0.399. The molecule has 0 saturated carbocycles. The van der Waals surface area contributed by atoms with E-state index in [1.165, 1.54) is 0 Å². The third kappa shape index (κ3) is 3.11. The molecule has 1 N–H and O–H groups in total. The van der Waals surface area contributed by atoms with E-state index in [1.807, 2.05) is 31.2 Å². The van der Waals surface area contributed by atoms with Gasteiger partial charge in [0.05, 0.1) is 12.3 Å². The molecular formula is C15H18FN3O. The number of nitrogens with one attached hydrogen (secondary N) is 1. The van der Waals surface area contributed by atoms with Crippen molar-refractivity contribution in [3.8, 4) is 11.4 Å². The monoisotopic (exact) mass is 275 g/mol. The largest absolute Gasteiger partial charge is 0.380 e. The van der Waals surface area contributed by atoms with Crippen LogP contribution in [0.4, 0.5) is 10.2 Å². The van der Waals surface area contributed by atoms with Gasteiger partial charge in [0.25, 0.3) is 0 Å². The van der Waals surface area contributed by atoms with Crippen LogP contribution < -0.4 is 5.32 Å². The fourth-order valence-electron chi connectivity index (χ4n) is 1.94. The molecule has 0 saturated heterocycles. The molecule has 0 radical (unpaired) electrons. The second-order valence-electron chi connectivity index (χ2n) is 4.46. The Morgan fingerprint density at radius 1 is 1.30 bits per heavy atom. The van der Waals surface area contributed by atoms with Crippen LogP contribution in [-0.2, 0) is 11.3 Å². The van der Waals surface area contributed by atoms with Crippen molar-refractivity contribution >= 4 is 5.82 Å². The van der Waals surface area contributed by atoms with Gasteiger partial charge in [0.15, 0.2) is 17.5 Å². The first kappa shape index (κ1) is 14.4. The van der Waals surface area contributed by atoms with Crippen molar-refractivity contribution in [2.75, 3.05) is 19.0 Å². The van der Waals surface area contributed by atoms with Crippen LogP contribution in [0.3, 0.4) is 0 Å². The van der Waals surface area contributed by atoms with Crippen molar-refractivity contribution in [2.24, 2.45) is 0 Å². The zero-order valence-corrected chi connectivity index (χ0v) is 11.9. The summed E-state index contributed by atoms with van der Waals surface area (Å²) in [7, 11) is 1.65. The van der Waals surface area contributed by atoms with Gasteiger partial charge in [-0.1, -0.05) is 18.2 Å². The highest BCUT2D eigenvalue weighted by molar-refractivity contribution is 5.59. The summed E-state index contributed by atoms with van der Waals surface area (Å²) in [5.74, 6) is 0.355. The average Bonchev–Trinajstić information content (AvgIpc) is 2.44. The van der Waals surface area contributed by atoms with Gasteiger partial charge in [-0.25, -0.2) is 14.4 Å². The van der Waals surface area contributed by atoms with Gasteiger partial charge in [-0.15, -0.1) is 0 Å². The molecule has 0 aliphatic rings. The molecule has 0 aliphatic heterocycles. The molecule has 0 atom stereocenters. The summed E-state index contributed by atoms with van der Waals surface area (Å²) in [5, 5.41) is 2.92. The number of nitrogens with zero attached hydrogens (tertiary/aromatic N) is 2. The van der Waals surface area contributed by atoms with Gasteiger partial charge in [0.1, 0.15) is 0 Å². The van der Waals surface area contributed by atoms with E-state index in [2.05, 4.69) is 15.3 Å². The van der Waals surface area contributed by atoms with Crippen molar-refractivity contribution < 1.29 is 9.13 Å². The number of benzene rings is 1. The fraction of sp³-hybridized carbons (Fsp3) is 0.333. The Morgan fingerprint density at radius 2 is 2.10 bits per heavy atom. The van der Waals surface area contributed by atoms with Gasteiger partial charge in [0.2, 0.25) is 0 Å². The maximum absolute atomic E-state index is 13.9. The quantitative estimate of drug-likeness (QED) is 0.910. The van der Waals surface area contributed by atoms with Gasteiger partial charge in [0, 0.05) is 19.2 Å². The topological polar surface area (TPSA) is 47.0 Å². The Hall–Kier alpha value is -2.01. The van der Waals surface area contributed by atoms with Crippen molar-refractivity contribution in [1.82, 2.24) is 9.97 Å². The van der Waals surface area contributed by atoms with Crippen LogP contribution in [0.25, 0.3) is 11.4 Å². The Labute approximate surface area is 118 Å². The number of anilines is 1. The molecule has 2 aromatic rings. The minimum absolute atomic E-state index is 0.243. The van der Waals surface area contributed by atoms with E-state index in [0.29, 0.717) is 24.7 Å². The molecule has 20 heavy (non-hydrogen) atoms. The molecule has 2 rings (SSSR count). The van der Waals surface area contributed by atoms with E-state index in [1.54, 1.807) is 14.0 Å². The molecule has 4 nitrogen and oxygen atoms in total. The third-order valence-corrected chi connectivity index (χ3v) is 2.86. The van der Waals surface area contributed by atoms with Crippen LogP contribution in [0.15, 0.2) is 24.3 Å². The molecule has 0 bridgehead atoms. The van der Waals surface area contributed by atoms with Crippen molar-refractivity contribution in [3.63, 3.8) is 0 Å². The van der Waals surface area contributed by atoms with Crippen LogP contribution in [0, 0.1) is 12.7 Å². The lowest BCUT2D eigenvalue weighted by Gasteiger charge is -2.09. The van der Waals surface area contributed by atoms with Crippen molar-refractivity contribution in [2.45, 2.75) is 20.5 Å². The van der Waals surface area contributed by atoms with Gasteiger partial charge in [-0.2, -0.15) is 0 Å². The van der Waals surface area contributed by atoms with E-state index in [4.69, 9.17) is 4.74 Å². The summed E-state index contributed by atoms with van der Waals surface area (Å²) in [6.45, 7) is 4.67. The molecule has 0 amide bonds. The summed E-state index contributed by atoms with van der Waals surface area (Å²) in [6.07, 6.45) is 0. The van der Waals surface area contributed by atoms with E-state index in [9.17, 15) is 4.39 Å². The standard InChI is InChI=1S/C15H18FN3O/c1-4-17-15-13(16)10(2)18-14(19-15)12-7-5-6-11(8-12)9-20-3/h5-8H,4,9H2,1-3H3,(H,17,18,19). The van der Waals surface area contributed by atoms with Gasteiger partial charge in [-0.05, 0) is 25.5 Å². The zero-order chi connectivity index (χ0) is 14.5. The van der Waals surface area contributed by atoms with Gasteiger partial charge in [-0.3, -0.25) is 0 Å². The first-order valence-electron chi connectivity index (χ1n) is 6.52. The lowest BCUT2D eigenvalue weighted by molar-refractivity contribution is 0.185. The Bertz CT molecular complexity index is 602. The number of halogens is 1. The molecule has 1 aromatic heterocycles. The first-order valence-corrected chi connectivity index (χ1v) is 6.52.